The van der Waals surface area contributed by atoms with Crippen molar-refractivity contribution in [2.75, 3.05) is 26.7 Å². The minimum Gasteiger partial charge on any atom is -0.395 e. The zero-order valence-corrected chi connectivity index (χ0v) is 12.4. The first kappa shape index (κ1) is 15.0. The lowest BCUT2D eigenvalue weighted by molar-refractivity contribution is -0.132. The summed E-state index contributed by atoms with van der Waals surface area (Å²) < 4.78 is 0. The molecule has 4 heteroatoms. The second kappa shape index (κ2) is 6.86. The molecule has 1 saturated heterocycles. The Morgan fingerprint density at radius 1 is 1.45 bits per heavy atom. The monoisotopic (exact) mass is 276 g/mol. The lowest BCUT2D eigenvalue weighted by Gasteiger charge is -2.25. The van der Waals surface area contributed by atoms with E-state index in [2.05, 4.69) is 24.0 Å². The van der Waals surface area contributed by atoms with Crippen molar-refractivity contribution >= 4 is 5.91 Å². The lowest BCUT2D eigenvalue weighted by atomic mass is 10.1. The summed E-state index contributed by atoms with van der Waals surface area (Å²) in [6.07, 6.45) is 2.06. The van der Waals surface area contributed by atoms with Gasteiger partial charge < -0.3 is 10.0 Å². The Balaban J connectivity index is 1.91. The standard InChI is InChI=1S/C16H24N2O2/c1-13-6-3-4-7-14(13)10-17(2)16(20)11-18-9-5-8-15(18)12-19/h3-4,6-7,15,19H,5,8-12H2,1-2H3/t15-/m0/s1. The van der Waals surface area contributed by atoms with Crippen LogP contribution < -0.4 is 0 Å². The van der Waals surface area contributed by atoms with Gasteiger partial charge in [-0.2, -0.15) is 0 Å². The van der Waals surface area contributed by atoms with Gasteiger partial charge in [-0.25, -0.2) is 0 Å². The van der Waals surface area contributed by atoms with E-state index in [4.69, 9.17) is 0 Å². The van der Waals surface area contributed by atoms with Gasteiger partial charge in [0.05, 0.1) is 13.2 Å². The van der Waals surface area contributed by atoms with Crippen molar-refractivity contribution in [2.45, 2.75) is 32.4 Å². The molecule has 2 rings (SSSR count). The molecule has 0 unspecified atom stereocenters. The van der Waals surface area contributed by atoms with Crippen LogP contribution in [0.2, 0.25) is 0 Å². The number of amides is 1. The van der Waals surface area contributed by atoms with Crippen LogP contribution in [0.1, 0.15) is 24.0 Å². The molecule has 1 amide bonds. The third-order valence-corrected chi connectivity index (χ3v) is 4.14. The zero-order valence-electron chi connectivity index (χ0n) is 12.4. The quantitative estimate of drug-likeness (QED) is 0.884. The van der Waals surface area contributed by atoms with Gasteiger partial charge in [0.1, 0.15) is 0 Å². The number of benzene rings is 1. The molecule has 20 heavy (non-hydrogen) atoms. The van der Waals surface area contributed by atoms with E-state index in [1.54, 1.807) is 4.90 Å². The summed E-state index contributed by atoms with van der Waals surface area (Å²) in [6, 6.07) is 8.30. The molecule has 0 radical (unpaired) electrons. The van der Waals surface area contributed by atoms with Crippen LogP contribution in [0.5, 0.6) is 0 Å². The number of carbonyl (C=O) groups excluding carboxylic acids is 1. The highest BCUT2D eigenvalue weighted by atomic mass is 16.3. The van der Waals surface area contributed by atoms with Crippen molar-refractivity contribution in [3.8, 4) is 0 Å². The van der Waals surface area contributed by atoms with Crippen molar-refractivity contribution in [3.05, 3.63) is 35.4 Å². The number of hydrogen-bond donors (Lipinski definition) is 1. The van der Waals surface area contributed by atoms with Crippen molar-refractivity contribution in [1.29, 1.82) is 0 Å². The van der Waals surface area contributed by atoms with E-state index in [1.165, 1.54) is 11.1 Å². The van der Waals surface area contributed by atoms with E-state index < -0.39 is 0 Å². The molecule has 1 aliphatic rings. The largest absolute Gasteiger partial charge is 0.395 e. The molecule has 110 valence electrons. The van der Waals surface area contributed by atoms with Gasteiger partial charge in [0.2, 0.25) is 5.91 Å². The Morgan fingerprint density at radius 2 is 2.20 bits per heavy atom. The Hall–Kier alpha value is -1.39. The van der Waals surface area contributed by atoms with Crippen LogP contribution in [0.15, 0.2) is 24.3 Å². The number of aliphatic hydroxyl groups is 1. The normalized spacial score (nSPS) is 19.2. The van der Waals surface area contributed by atoms with E-state index >= 15 is 0 Å². The number of hydrogen-bond acceptors (Lipinski definition) is 3. The Kier molecular flexibility index (Phi) is 5.15. The maximum absolute atomic E-state index is 12.3. The molecule has 1 aromatic rings. The fourth-order valence-corrected chi connectivity index (χ4v) is 2.74. The fraction of sp³-hybridized carbons (Fsp3) is 0.562. The summed E-state index contributed by atoms with van der Waals surface area (Å²) in [4.78, 5) is 16.1. The highest BCUT2D eigenvalue weighted by Crippen LogP contribution is 2.17. The summed E-state index contributed by atoms with van der Waals surface area (Å²) in [7, 11) is 1.85. The second-order valence-corrected chi connectivity index (χ2v) is 5.63. The van der Waals surface area contributed by atoms with Gasteiger partial charge in [-0.05, 0) is 37.4 Å². The molecule has 0 aliphatic carbocycles. The Bertz CT molecular complexity index is 462. The van der Waals surface area contributed by atoms with Crippen LogP contribution in [-0.4, -0.2) is 53.6 Å². The first-order valence-corrected chi connectivity index (χ1v) is 7.25. The summed E-state index contributed by atoms with van der Waals surface area (Å²) >= 11 is 0. The number of aliphatic hydroxyl groups excluding tert-OH is 1. The highest BCUT2D eigenvalue weighted by Gasteiger charge is 2.26. The second-order valence-electron chi connectivity index (χ2n) is 5.63. The van der Waals surface area contributed by atoms with E-state index in [-0.39, 0.29) is 18.6 Å². The van der Waals surface area contributed by atoms with Gasteiger partial charge in [0.15, 0.2) is 0 Å². The average molecular weight is 276 g/mol. The third kappa shape index (κ3) is 3.58. The SMILES string of the molecule is Cc1ccccc1CN(C)C(=O)CN1CCC[C@H]1CO. The molecular formula is C16H24N2O2. The van der Waals surface area contributed by atoms with Gasteiger partial charge in [-0.15, -0.1) is 0 Å². The van der Waals surface area contributed by atoms with Gasteiger partial charge in [-0.3, -0.25) is 9.69 Å². The van der Waals surface area contributed by atoms with E-state index in [0.717, 1.165) is 19.4 Å². The maximum Gasteiger partial charge on any atom is 0.236 e. The van der Waals surface area contributed by atoms with Crippen LogP contribution in [0.4, 0.5) is 0 Å². The van der Waals surface area contributed by atoms with E-state index in [1.807, 2.05) is 19.2 Å². The molecule has 1 fully saturated rings. The molecule has 0 bridgehead atoms. The average Bonchev–Trinajstić information content (AvgIpc) is 2.88. The number of rotatable bonds is 5. The molecular weight excluding hydrogens is 252 g/mol. The minimum absolute atomic E-state index is 0.119. The van der Waals surface area contributed by atoms with Crippen molar-refractivity contribution in [2.24, 2.45) is 0 Å². The zero-order chi connectivity index (χ0) is 14.5. The van der Waals surface area contributed by atoms with Crippen molar-refractivity contribution in [1.82, 2.24) is 9.80 Å². The number of likely N-dealkylation sites (tertiary alicyclic amines) is 1. The molecule has 0 spiro atoms. The topological polar surface area (TPSA) is 43.8 Å². The third-order valence-electron chi connectivity index (χ3n) is 4.14. The highest BCUT2D eigenvalue weighted by molar-refractivity contribution is 5.78. The van der Waals surface area contributed by atoms with Crippen LogP contribution in [-0.2, 0) is 11.3 Å². The van der Waals surface area contributed by atoms with Crippen LogP contribution in [0, 0.1) is 6.92 Å². The predicted molar refractivity (Wildman–Crippen MR) is 79.3 cm³/mol. The fourth-order valence-electron chi connectivity index (χ4n) is 2.74. The van der Waals surface area contributed by atoms with Crippen molar-refractivity contribution in [3.63, 3.8) is 0 Å². The lowest BCUT2D eigenvalue weighted by Crippen LogP contribution is -2.41. The minimum atomic E-state index is 0.119. The maximum atomic E-state index is 12.3. The summed E-state index contributed by atoms with van der Waals surface area (Å²) in [6.45, 7) is 4.18. The number of likely N-dealkylation sites (N-methyl/N-ethyl adjacent to an activating group) is 1. The molecule has 0 aromatic heterocycles. The summed E-state index contributed by atoms with van der Waals surface area (Å²) in [5.74, 6) is 0.119. The van der Waals surface area contributed by atoms with Crippen LogP contribution >= 0.6 is 0 Å². The number of nitrogens with zero attached hydrogens (tertiary/aromatic N) is 2. The first-order chi connectivity index (χ1) is 9.61. The molecule has 1 N–H and O–H groups in total. The number of carbonyl (C=O) groups is 1. The van der Waals surface area contributed by atoms with E-state index in [9.17, 15) is 9.90 Å². The molecule has 1 atom stereocenters. The Labute approximate surface area is 121 Å². The molecule has 1 heterocycles. The van der Waals surface area contributed by atoms with Gasteiger partial charge in [0, 0.05) is 19.6 Å². The van der Waals surface area contributed by atoms with Crippen LogP contribution in [0.25, 0.3) is 0 Å². The van der Waals surface area contributed by atoms with E-state index in [0.29, 0.717) is 13.1 Å². The summed E-state index contributed by atoms with van der Waals surface area (Å²) in [5, 5.41) is 9.29. The first-order valence-electron chi connectivity index (χ1n) is 7.25. The van der Waals surface area contributed by atoms with Crippen LogP contribution in [0.3, 0.4) is 0 Å². The van der Waals surface area contributed by atoms with Gasteiger partial charge in [-0.1, -0.05) is 24.3 Å². The Morgan fingerprint density at radius 3 is 2.90 bits per heavy atom. The smallest absolute Gasteiger partial charge is 0.236 e. The molecule has 1 aromatic carbocycles. The van der Waals surface area contributed by atoms with Crippen molar-refractivity contribution < 1.29 is 9.90 Å². The molecule has 1 aliphatic heterocycles. The molecule has 4 nitrogen and oxygen atoms in total. The predicted octanol–water partition coefficient (Wildman–Crippen LogP) is 1.41. The van der Waals surface area contributed by atoms with Gasteiger partial charge in [0.25, 0.3) is 0 Å². The number of aryl methyl sites for hydroxylation is 1. The van der Waals surface area contributed by atoms with Gasteiger partial charge >= 0.3 is 0 Å². The molecule has 0 saturated carbocycles. The summed E-state index contributed by atoms with van der Waals surface area (Å²) in [5.41, 5.74) is 2.39.